The SMILES string of the molecule is CC(C)[Si](O[C@H]1C[C@H](Nc2ncncc2C(=O)c2nn(Cc3cccc(Br)c3)cc2Cl)C[C@@H]1COS(N)(=O)=O)(C(C)C)C(C)C. The number of hydrogen-bond donors (Lipinski definition) is 2. The molecule has 3 atom stereocenters. The number of nitrogens with two attached hydrogens (primary N) is 1. The van der Waals surface area contributed by atoms with E-state index in [0.29, 0.717) is 41.8 Å². The van der Waals surface area contributed by atoms with E-state index in [9.17, 15) is 13.2 Å². The van der Waals surface area contributed by atoms with Gasteiger partial charge in [-0.2, -0.15) is 13.5 Å². The van der Waals surface area contributed by atoms with E-state index >= 15 is 0 Å². The average molecular weight is 742 g/mol. The first kappa shape index (κ1) is 35.6. The third kappa shape index (κ3) is 8.59. The molecule has 0 radical (unpaired) electrons. The van der Waals surface area contributed by atoms with Gasteiger partial charge in [0.1, 0.15) is 12.1 Å². The lowest BCUT2D eigenvalue weighted by molar-refractivity contribution is 0.103. The highest BCUT2D eigenvalue weighted by Gasteiger charge is 2.49. The van der Waals surface area contributed by atoms with Gasteiger partial charge in [-0.3, -0.25) is 13.7 Å². The quantitative estimate of drug-likeness (QED) is 0.143. The maximum Gasteiger partial charge on any atom is 0.333 e. The minimum atomic E-state index is -4.13. The summed E-state index contributed by atoms with van der Waals surface area (Å²) in [4.78, 5) is 22.2. The van der Waals surface area contributed by atoms with Gasteiger partial charge in [-0.05, 0) is 47.2 Å². The Hall–Kier alpha value is -2.20. The smallest absolute Gasteiger partial charge is 0.333 e. The molecule has 0 amide bonds. The van der Waals surface area contributed by atoms with Crippen LogP contribution in [0.2, 0.25) is 21.6 Å². The van der Waals surface area contributed by atoms with Crippen LogP contribution in [0.25, 0.3) is 0 Å². The molecule has 15 heteroatoms. The summed E-state index contributed by atoms with van der Waals surface area (Å²) in [6, 6.07) is 7.61. The fourth-order valence-corrected chi connectivity index (χ4v) is 13.4. The monoisotopic (exact) mass is 740 g/mol. The van der Waals surface area contributed by atoms with Crippen LogP contribution in [0, 0.1) is 5.92 Å². The minimum absolute atomic E-state index is 0.0955. The number of hydrogen-bond acceptors (Lipinski definition) is 9. The standard InChI is InChI=1S/C30H42BrClN6O5SSi/c1-18(2)45(19(3)4,20(5)6)43-27-12-24(11-22(27)16-42-44(33,40)41)36-30-25(13-34-17-35-30)29(39)28-26(32)15-38(37-28)14-21-8-7-9-23(31)10-21/h7-10,13,15,17-20,22,24,27H,11-12,14,16H2,1-6H3,(H2,33,40,41)(H,34,35,36)/t22-,24-,27+/m1/s1. The van der Waals surface area contributed by atoms with Crippen molar-refractivity contribution in [2.45, 2.75) is 89.7 Å². The molecule has 246 valence electrons. The van der Waals surface area contributed by atoms with Gasteiger partial charge >= 0.3 is 10.3 Å². The Morgan fingerprint density at radius 1 is 1.18 bits per heavy atom. The van der Waals surface area contributed by atoms with E-state index in [1.165, 1.54) is 12.5 Å². The molecule has 0 bridgehead atoms. The summed E-state index contributed by atoms with van der Waals surface area (Å²) in [5.41, 5.74) is 2.32. The van der Waals surface area contributed by atoms with Crippen molar-refractivity contribution in [1.82, 2.24) is 19.7 Å². The van der Waals surface area contributed by atoms with E-state index in [2.05, 4.69) is 77.9 Å². The van der Waals surface area contributed by atoms with Gasteiger partial charge < -0.3 is 9.74 Å². The van der Waals surface area contributed by atoms with Gasteiger partial charge in [-0.15, -0.1) is 0 Å². The van der Waals surface area contributed by atoms with E-state index in [1.54, 1.807) is 10.9 Å². The molecule has 2 aromatic heterocycles. The normalized spacial score (nSPS) is 19.2. The number of rotatable bonds is 14. The fourth-order valence-electron chi connectivity index (χ4n) is 6.76. The maximum atomic E-state index is 13.7. The molecule has 11 nitrogen and oxygen atoms in total. The van der Waals surface area contributed by atoms with Gasteiger partial charge in [-0.25, -0.2) is 15.1 Å². The minimum Gasteiger partial charge on any atom is -0.413 e. The Kier molecular flexibility index (Phi) is 11.6. The van der Waals surface area contributed by atoms with Crippen LogP contribution in [0.4, 0.5) is 5.82 Å². The van der Waals surface area contributed by atoms with Gasteiger partial charge in [0.2, 0.25) is 14.1 Å². The maximum absolute atomic E-state index is 13.7. The van der Waals surface area contributed by atoms with Crippen LogP contribution in [0.3, 0.4) is 0 Å². The lowest BCUT2D eigenvalue weighted by Crippen LogP contribution is -2.51. The zero-order valence-electron chi connectivity index (χ0n) is 26.4. The molecule has 1 saturated carbocycles. The number of carbonyl (C=O) groups excluding carboxylic acids is 1. The third-order valence-electron chi connectivity index (χ3n) is 8.60. The van der Waals surface area contributed by atoms with E-state index in [1.807, 2.05) is 24.3 Å². The molecule has 4 rings (SSSR count). The largest absolute Gasteiger partial charge is 0.413 e. The van der Waals surface area contributed by atoms with Gasteiger partial charge in [-0.1, -0.05) is 81.2 Å². The van der Waals surface area contributed by atoms with Crippen LogP contribution in [0.15, 0.2) is 47.5 Å². The summed E-state index contributed by atoms with van der Waals surface area (Å²) in [5.74, 6) is -0.320. The van der Waals surface area contributed by atoms with Crippen LogP contribution in [0.1, 0.15) is 76.0 Å². The summed E-state index contributed by atoms with van der Waals surface area (Å²) in [6.07, 6.45) is 5.26. The van der Waals surface area contributed by atoms with Crippen molar-refractivity contribution in [3.8, 4) is 0 Å². The second-order valence-corrected chi connectivity index (χ2v) is 20.5. The first-order chi connectivity index (χ1) is 21.1. The number of ketones is 1. The summed E-state index contributed by atoms with van der Waals surface area (Å²) < 4.78 is 38.2. The van der Waals surface area contributed by atoms with E-state index < -0.39 is 24.4 Å². The van der Waals surface area contributed by atoms with Gasteiger partial charge in [0.15, 0.2) is 5.69 Å². The zero-order chi connectivity index (χ0) is 33.1. The van der Waals surface area contributed by atoms with Gasteiger partial charge in [0.05, 0.1) is 29.8 Å². The summed E-state index contributed by atoms with van der Waals surface area (Å²) in [7, 11) is -6.44. The molecule has 2 heterocycles. The molecule has 1 aliphatic rings. The summed E-state index contributed by atoms with van der Waals surface area (Å²) in [6.45, 7) is 13.6. The second kappa shape index (κ2) is 14.7. The number of carbonyl (C=O) groups is 1. The molecule has 3 N–H and O–H groups in total. The fraction of sp³-hybridized carbons (Fsp3) is 0.533. The molecular formula is C30H42BrClN6O5SSi. The van der Waals surface area contributed by atoms with Crippen molar-refractivity contribution in [3.05, 3.63) is 69.3 Å². The third-order valence-corrected chi connectivity index (χ3v) is 16.0. The van der Waals surface area contributed by atoms with Crippen molar-refractivity contribution in [3.63, 3.8) is 0 Å². The number of aromatic nitrogens is 4. The van der Waals surface area contributed by atoms with Crippen molar-refractivity contribution < 1.29 is 21.8 Å². The van der Waals surface area contributed by atoms with E-state index in [-0.39, 0.29) is 41.0 Å². The number of benzene rings is 1. The Bertz CT molecular complexity index is 1580. The first-order valence-corrected chi connectivity index (χ1v) is 19.8. The van der Waals surface area contributed by atoms with Crippen molar-refractivity contribution in [2.24, 2.45) is 11.1 Å². The summed E-state index contributed by atoms with van der Waals surface area (Å²) >= 11 is 9.97. The molecular weight excluding hydrogens is 700 g/mol. The van der Waals surface area contributed by atoms with E-state index in [0.717, 1.165) is 10.0 Å². The highest BCUT2D eigenvalue weighted by atomic mass is 79.9. The molecule has 0 aliphatic heterocycles. The molecule has 45 heavy (non-hydrogen) atoms. The van der Waals surface area contributed by atoms with Crippen LogP contribution in [0.5, 0.6) is 0 Å². The van der Waals surface area contributed by atoms with E-state index in [4.69, 9.17) is 25.3 Å². The average Bonchev–Trinajstić information content (AvgIpc) is 3.51. The lowest BCUT2D eigenvalue weighted by atomic mass is 10.1. The number of halogens is 2. The second-order valence-electron chi connectivity index (χ2n) is 12.6. The van der Waals surface area contributed by atoms with Crippen LogP contribution < -0.4 is 10.5 Å². The Morgan fingerprint density at radius 3 is 2.49 bits per heavy atom. The molecule has 0 saturated heterocycles. The predicted molar refractivity (Wildman–Crippen MR) is 181 cm³/mol. The van der Waals surface area contributed by atoms with Crippen molar-refractivity contribution >= 4 is 57.8 Å². The molecule has 1 aliphatic carbocycles. The first-order valence-electron chi connectivity index (χ1n) is 15.0. The zero-order valence-corrected chi connectivity index (χ0v) is 30.6. The predicted octanol–water partition coefficient (Wildman–Crippen LogP) is 6.34. The highest BCUT2D eigenvalue weighted by Crippen LogP contribution is 2.46. The molecule has 0 spiro atoms. The van der Waals surface area contributed by atoms with Gasteiger partial charge in [0.25, 0.3) is 0 Å². The topological polar surface area (TPSA) is 151 Å². The van der Waals surface area contributed by atoms with Crippen molar-refractivity contribution in [2.75, 3.05) is 11.9 Å². The number of nitrogens with zero attached hydrogens (tertiary/aromatic N) is 4. The number of anilines is 1. The Morgan fingerprint density at radius 2 is 1.87 bits per heavy atom. The van der Waals surface area contributed by atoms with Crippen LogP contribution >= 0.6 is 27.5 Å². The lowest BCUT2D eigenvalue weighted by Gasteiger charge is -2.45. The molecule has 1 fully saturated rings. The van der Waals surface area contributed by atoms with Crippen LogP contribution in [-0.2, 0) is 25.5 Å². The highest BCUT2D eigenvalue weighted by molar-refractivity contribution is 9.10. The number of nitrogens with one attached hydrogen (secondary N) is 1. The van der Waals surface area contributed by atoms with Crippen LogP contribution in [-0.4, -0.2) is 61.0 Å². The molecule has 0 unspecified atom stereocenters. The molecule has 1 aromatic carbocycles. The Labute approximate surface area is 280 Å². The Balaban J connectivity index is 1.57. The van der Waals surface area contributed by atoms with Gasteiger partial charge in [0, 0.05) is 28.8 Å². The summed E-state index contributed by atoms with van der Waals surface area (Å²) in [5, 5.41) is 13.3. The van der Waals surface area contributed by atoms with Crippen molar-refractivity contribution in [1.29, 1.82) is 0 Å². The molecule has 3 aromatic rings.